The smallest absolute Gasteiger partial charge is 0.250 e. The Morgan fingerprint density at radius 3 is 2.96 bits per heavy atom. The molecule has 3 heterocycles. The van der Waals surface area contributed by atoms with Crippen LogP contribution in [-0.2, 0) is 0 Å². The zero-order chi connectivity index (χ0) is 15.5. The molecule has 2 aromatic rings. The lowest BCUT2D eigenvalue weighted by Gasteiger charge is -2.29. The first kappa shape index (κ1) is 14.7. The van der Waals surface area contributed by atoms with Gasteiger partial charge >= 0.3 is 0 Å². The number of fused-ring (bicyclic) bond motifs is 2. The maximum absolute atomic E-state index is 5.81. The van der Waals surface area contributed by atoms with Gasteiger partial charge in [-0.25, -0.2) is 0 Å². The van der Waals surface area contributed by atoms with Crippen molar-refractivity contribution < 1.29 is 4.74 Å². The van der Waals surface area contributed by atoms with Gasteiger partial charge < -0.3 is 9.64 Å². The quantitative estimate of drug-likeness (QED) is 0.814. The molecule has 0 aliphatic carbocycles. The molecule has 0 amide bonds. The fraction of sp³-hybridized carbons (Fsp3) is 0.444. The van der Waals surface area contributed by atoms with Crippen molar-refractivity contribution in [1.29, 1.82) is 0 Å². The molecule has 0 radical (unpaired) electrons. The summed E-state index contributed by atoms with van der Waals surface area (Å²) in [5.74, 6) is 8.08. The molecule has 2 aliphatic rings. The summed E-state index contributed by atoms with van der Waals surface area (Å²) in [6.07, 6.45) is 2.44. The van der Waals surface area contributed by atoms with E-state index in [4.69, 9.17) is 4.74 Å². The molecule has 0 saturated carbocycles. The van der Waals surface area contributed by atoms with Crippen molar-refractivity contribution in [2.75, 3.05) is 26.2 Å². The third kappa shape index (κ3) is 3.24. The van der Waals surface area contributed by atoms with Gasteiger partial charge in [0.05, 0.1) is 11.7 Å². The summed E-state index contributed by atoms with van der Waals surface area (Å²) < 4.78 is 14.7. The van der Waals surface area contributed by atoms with Crippen LogP contribution in [0.1, 0.15) is 30.0 Å². The van der Waals surface area contributed by atoms with Crippen LogP contribution in [-0.4, -0.2) is 39.9 Å². The Labute approximate surface area is 140 Å². The summed E-state index contributed by atoms with van der Waals surface area (Å²) >= 11 is 1.25. The first-order chi connectivity index (χ1) is 11.4. The van der Waals surface area contributed by atoms with Gasteiger partial charge in [0.15, 0.2) is 6.61 Å². The molecule has 3 atom stereocenters. The van der Waals surface area contributed by atoms with E-state index in [1.165, 1.54) is 44.2 Å². The highest BCUT2D eigenvalue weighted by atomic mass is 32.1. The van der Waals surface area contributed by atoms with Gasteiger partial charge in [0.2, 0.25) is 5.88 Å². The molecular weight excluding hydrogens is 306 g/mol. The molecule has 2 saturated heterocycles. The number of hydrogen-bond acceptors (Lipinski definition) is 5. The van der Waals surface area contributed by atoms with Gasteiger partial charge in [-0.05, 0) is 44.0 Å². The van der Waals surface area contributed by atoms with Gasteiger partial charge in [0, 0.05) is 18.0 Å². The van der Waals surface area contributed by atoms with E-state index in [-0.39, 0.29) is 0 Å². The van der Waals surface area contributed by atoms with Crippen molar-refractivity contribution in [3.05, 3.63) is 41.6 Å². The Morgan fingerprint density at radius 2 is 2.04 bits per heavy atom. The number of benzene rings is 1. The van der Waals surface area contributed by atoms with Crippen LogP contribution in [0.2, 0.25) is 0 Å². The van der Waals surface area contributed by atoms with Crippen molar-refractivity contribution >= 4 is 11.7 Å². The zero-order valence-electron chi connectivity index (χ0n) is 12.9. The van der Waals surface area contributed by atoms with Crippen LogP contribution in [0.5, 0.6) is 5.88 Å². The van der Waals surface area contributed by atoms with Crippen molar-refractivity contribution in [2.24, 2.45) is 5.92 Å². The molecule has 5 heteroatoms. The second-order valence-corrected chi connectivity index (χ2v) is 6.68. The monoisotopic (exact) mass is 325 g/mol. The summed E-state index contributed by atoms with van der Waals surface area (Å²) in [5.41, 5.74) is 2.06. The lowest BCUT2D eigenvalue weighted by atomic mass is 9.85. The van der Waals surface area contributed by atoms with Crippen LogP contribution < -0.4 is 4.74 Å². The number of rotatable bonds is 3. The first-order valence-corrected chi connectivity index (χ1v) is 8.85. The molecule has 1 aromatic carbocycles. The molecule has 2 aliphatic heterocycles. The summed E-state index contributed by atoms with van der Waals surface area (Å²) in [6, 6.07) is 9.96. The highest BCUT2D eigenvalue weighted by molar-refractivity contribution is 6.99. The van der Waals surface area contributed by atoms with E-state index in [1.807, 2.05) is 30.3 Å². The molecule has 2 bridgehead atoms. The second-order valence-electron chi connectivity index (χ2n) is 6.16. The van der Waals surface area contributed by atoms with Crippen molar-refractivity contribution in [2.45, 2.75) is 18.8 Å². The van der Waals surface area contributed by atoms with E-state index < -0.39 is 0 Å². The second kappa shape index (κ2) is 6.69. The van der Waals surface area contributed by atoms with Crippen LogP contribution in [0, 0.1) is 17.8 Å². The molecule has 2 fully saturated rings. The van der Waals surface area contributed by atoms with Crippen LogP contribution >= 0.6 is 11.7 Å². The minimum atomic E-state index is 0.358. The Bertz CT molecular complexity index is 719. The number of ether oxygens (including phenoxy) is 1. The summed E-state index contributed by atoms with van der Waals surface area (Å²) in [7, 11) is 0. The van der Waals surface area contributed by atoms with E-state index in [9.17, 15) is 0 Å². The highest BCUT2D eigenvalue weighted by Crippen LogP contribution is 2.41. The van der Waals surface area contributed by atoms with Gasteiger partial charge in [0.25, 0.3) is 0 Å². The summed E-state index contributed by atoms with van der Waals surface area (Å²) in [5, 5.41) is 0. The number of piperidine rings is 1. The van der Waals surface area contributed by atoms with Crippen LogP contribution in [0.3, 0.4) is 0 Å². The van der Waals surface area contributed by atoms with Crippen molar-refractivity contribution in [1.82, 2.24) is 13.6 Å². The van der Waals surface area contributed by atoms with E-state index in [1.54, 1.807) is 0 Å². The lowest BCUT2D eigenvalue weighted by Crippen LogP contribution is -2.31. The normalized spacial score (nSPS) is 25.7. The van der Waals surface area contributed by atoms with Crippen molar-refractivity contribution in [3.63, 3.8) is 0 Å². The van der Waals surface area contributed by atoms with Gasteiger partial charge in [-0.3, -0.25) is 0 Å². The van der Waals surface area contributed by atoms with Crippen LogP contribution in [0.15, 0.2) is 30.3 Å². The number of hydrogen-bond donors (Lipinski definition) is 0. The Kier molecular flexibility index (Phi) is 4.27. The van der Waals surface area contributed by atoms with E-state index in [0.717, 1.165) is 11.3 Å². The minimum absolute atomic E-state index is 0.358. The molecule has 3 unspecified atom stereocenters. The third-order valence-electron chi connectivity index (χ3n) is 4.76. The van der Waals surface area contributed by atoms with Gasteiger partial charge in [-0.2, -0.15) is 4.37 Å². The average Bonchev–Trinajstić information content (AvgIpc) is 3.21. The van der Waals surface area contributed by atoms with Gasteiger partial charge in [-0.15, -0.1) is 4.37 Å². The molecule has 23 heavy (non-hydrogen) atoms. The summed E-state index contributed by atoms with van der Waals surface area (Å²) in [6.45, 7) is 3.97. The standard InChI is InChI=1S/C18H19N3OS/c1-2-5-14(6-3-1)7-4-12-22-18-17(19-23-20-18)16-9-11-21-10-8-15(16)13-21/h1-3,5-6,15-16H,8-13H2. The lowest BCUT2D eigenvalue weighted by molar-refractivity contribution is 0.238. The fourth-order valence-electron chi connectivity index (χ4n) is 3.59. The Balaban J connectivity index is 1.41. The van der Waals surface area contributed by atoms with E-state index >= 15 is 0 Å². The Morgan fingerprint density at radius 1 is 1.17 bits per heavy atom. The molecule has 0 spiro atoms. The molecule has 4 nitrogen and oxygen atoms in total. The fourth-order valence-corrected chi connectivity index (χ4v) is 4.15. The average molecular weight is 325 g/mol. The highest BCUT2D eigenvalue weighted by Gasteiger charge is 2.37. The predicted molar refractivity (Wildman–Crippen MR) is 90.6 cm³/mol. The summed E-state index contributed by atoms with van der Waals surface area (Å²) in [4.78, 5) is 2.55. The largest absolute Gasteiger partial charge is 0.463 e. The van der Waals surface area contributed by atoms with Crippen LogP contribution in [0.4, 0.5) is 0 Å². The van der Waals surface area contributed by atoms with Crippen molar-refractivity contribution in [3.8, 4) is 17.7 Å². The van der Waals surface area contributed by atoms with E-state index in [2.05, 4.69) is 25.5 Å². The molecule has 118 valence electrons. The number of aromatic nitrogens is 2. The zero-order valence-corrected chi connectivity index (χ0v) is 13.8. The topological polar surface area (TPSA) is 38.3 Å². The molecule has 4 rings (SSSR count). The molecule has 1 aromatic heterocycles. The number of nitrogens with zero attached hydrogens (tertiary/aromatic N) is 3. The third-order valence-corrected chi connectivity index (χ3v) is 5.28. The first-order valence-electron chi connectivity index (χ1n) is 8.11. The molecular formula is C18H19N3OS. The van der Waals surface area contributed by atoms with Gasteiger partial charge in [0.1, 0.15) is 5.69 Å². The minimum Gasteiger partial charge on any atom is -0.463 e. The van der Waals surface area contributed by atoms with E-state index in [0.29, 0.717) is 24.3 Å². The Hall–Kier alpha value is -1.90. The van der Waals surface area contributed by atoms with Gasteiger partial charge in [-0.1, -0.05) is 30.0 Å². The molecule has 0 N–H and O–H groups in total. The predicted octanol–water partition coefficient (Wildman–Crippen LogP) is 2.78. The maximum Gasteiger partial charge on any atom is 0.250 e. The van der Waals surface area contributed by atoms with Crippen LogP contribution in [0.25, 0.3) is 0 Å². The maximum atomic E-state index is 5.81. The SMILES string of the molecule is C(#Cc1ccccc1)COc1nsnc1C1CCN2CCC1C2.